The second-order valence-electron chi connectivity index (χ2n) is 5.70. The average Bonchev–Trinajstić information content (AvgIpc) is 3.02. The fourth-order valence-corrected chi connectivity index (χ4v) is 2.55. The highest BCUT2D eigenvalue weighted by Gasteiger charge is 2.25. The molecular formula is C13H21N3O. The Balaban J connectivity index is 1.51. The van der Waals surface area contributed by atoms with E-state index in [-0.39, 0.29) is 0 Å². The summed E-state index contributed by atoms with van der Waals surface area (Å²) in [5.41, 5.74) is 0. The number of aromatic nitrogens is 2. The van der Waals surface area contributed by atoms with Gasteiger partial charge in [-0.05, 0) is 57.7 Å². The van der Waals surface area contributed by atoms with E-state index in [0.717, 1.165) is 36.4 Å². The van der Waals surface area contributed by atoms with E-state index in [1.54, 1.807) is 0 Å². The van der Waals surface area contributed by atoms with E-state index in [2.05, 4.69) is 22.1 Å². The Hall–Kier alpha value is -0.900. The Morgan fingerprint density at radius 1 is 1.12 bits per heavy atom. The van der Waals surface area contributed by atoms with Crippen molar-refractivity contribution in [2.24, 2.45) is 11.8 Å². The third kappa shape index (κ3) is 3.06. The van der Waals surface area contributed by atoms with Gasteiger partial charge in [0.15, 0.2) is 5.82 Å². The topological polar surface area (TPSA) is 42.2 Å². The van der Waals surface area contributed by atoms with Gasteiger partial charge in [0, 0.05) is 12.8 Å². The third-order valence-electron chi connectivity index (χ3n) is 3.98. The third-order valence-corrected chi connectivity index (χ3v) is 3.98. The van der Waals surface area contributed by atoms with Crippen LogP contribution in [0.1, 0.15) is 37.4 Å². The number of likely N-dealkylation sites (tertiary alicyclic amines) is 1. The molecule has 94 valence electrons. The van der Waals surface area contributed by atoms with E-state index in [4.69, 9.17) is 4.52 Å². The Morgan fingerprint density at radius 3 is 2.53 bits per heavy atom. The lowest BCUT2D eigenvalue weighted by Crippen LogP contribution is -2.31. The zero-order valence-corrected chi connectivity index (χ0v) is 10.6. The van der Waals surface area contributed by atoms with Crippen LogP contribution in [0.4, 0.5) is 0 Å². The van der Waals surface area contributed by atoms with Crippen molar-refractivity contribution in [3.63, 3.8) is 0 Å². The molecule has 1 saturated carbocycles. The molecule has 2 fully saturated rings. The summed E-state index contributed by atoms with van der Waals surface area (Å²) in [4.78, 5) is 6.91. The van der Waals surface area contributed by atoms with Crippen molar-refractivity contribution in [1.82, 2.24) is 15.0 Å². The van der Waals surface area contributed by atoms with Crippen LogP contribution in [0.5, 0.6) is 0 Å². The van der Waals surface area contributed by atoms with Crippen molar-refractivity contribution in [3.8, 4) is 0 Å². The van der Waals surface area contributed by atoms with Crippen molar-refractivity contribution in [1.29, 1.82) is 0 Å². The summed E-state index contributed by atoms with van der Waals surface area (Å²) in [6, 6.07) is 0. The van der Waals surface area contributed by atoms with Gasteiger partial charge in [-0.25, -0.2) is 0 Å². The minimum atomic E-state index is 0.748. The average molecular weight is 235 g/mol. The molecule has 0 spiro atoms. The lowest BCUT2D eigenvalue weighted by Gasteiger charge is -2.27. The van der Waals surface area contributed by atoms with Crippen LogP contribution < -0.4 is 0 Å². The molecule has 0 unspecified atom stereocenters. The van der Waals surface area contributed by atoms with Gasteiger partial charge in [-0.15, -0.1) is 0 Å². The van der Waals surface area contributed by atoms with Crippen LogP contribution in [-0.2, 0) is 12.8 Å². The lowest BCUT2D eigenvalue weighted by molar-refractivity contribution is 0.216. The normalized spacial score (nSPS) is 23.1. The Labute approximate surface area is 102 Å². The van der Waals surface area contributed by atoms with Crippen LogP contribution in [0.2, 0.25) is 0 Å². The highest BCUT2D eigenvalue weighted by molar-refractivity contribution is 4.93. The summed E-state index contributed by atoms with van der Waals surface area (Å²) < 4.78 is 5.31. The number of hydrogen-bond donors (Lipinski definition) is 0. The summed E-state index contributed by atoms with van der Waals surface area (Å²) in [6.07, 6.45) is 7.22. The van der Waals surface area contributed by atoms with Gasteiger partial charge in [0.1, 0.15) is 0 Å². The molecule has 0 bridgehead atoms. The second-order valence-corrected chi connectivity index (χ2v) is 5.70. The van der Waals surface area contributed by atoms with Crippen molar-refractivity contribution < 1.29 is 4.52 Å². The maximum Gasteiger partial charge on any atom is 0.226 e. The first kappa shape index (κ1) is 11.2. The van der Waals surface area contributed by atoms with Gasteiger partial charge in [-0.1, -0.05) is 5.16 Å². The van der Waals surface area contributed by atoms with Crippen molar-refractivity contribution in [3.05, 3.63) is 11.7 Å². The zero-order valence-electron chi connectivity index (χ0n) is 10.6. The predicted molar refractivity (Wildman–Crippen MR) is 64.7 cm³/mol. The Bertz CT molecular complexity index is 364. The van der Waals surface area contributed by atoms with Gasteiger partial charge in [-0.3, -0.25) is 0 Å². The molecule has 1 aliphatic heterocycles. The molecule has 1 aliphatic carbocycles. The van der Waals surface area contributed by atoms with Gasteiger partial charge in [0.05, 0.1) is 0 Å². The predicted octanol–water partition coefficient (Wildman–Crippen LogP) is 1.91. The van der Waals surface area contributed by atoms with E-state index < -0.39 is 0 Å². The largest absolute Gasteiger partial charge is 0.339 e. The molecule has 0 atom stereocenters. The molecule has 1 saturated heterocycles. The van der Waals surface area contributed by atoms with E-state index in [0.29, 0.717) is 0 Å². The van der Waals surface area contributed by atoms with Crippen LogP contribution in [0, 0.1) is 11.8 Å². The second kappa shape index (κ2) is 4.77. The first-order valence-corrected chi connectivity index (χ1v) is 6.79. The Kier molecular flexibility index (Phi) is 3.14. The van der Waals surface area contributed by atoms with Gasteiger partial charge in [0.2, 0.25) is 5.89 Å². The minimum absolute atomic E-state index is 0.748. The van der Waals surface area contributed by atoms with E-state index in [9.17, 15) is 0 Å². The van der Waals surface area contributed by atoms with E-state index >= 15 is 0 Å². The monoisotopic (exact) mass is 235 g/mol. The van der Waals surface area contributed by atoms with Crippen LogP contribution in [0.3, 0.4) is 0 Å². The number of piperidine rings is 1. The lowest BCUT2D eigenvalue weighted by atomic mass is 9.94. The quantitative estimate of drug-likeness (QED) is 0.799. The molecule has 4 heteroatoms. The molecule has 17 heavy (non-hydrogen) atoms. The molecule has 0 amide bonds. The van der Waals surface area contributed by atoms with Gasteiger partial charge >= 0.3 is 0 Å². The summed E-state index contributed by atoms with van der Waals surface area (Å²) in [5.74, 6) is 3.36. The summed E-state index contributed by atoms with van der Waals surface area (Å²) in [6.45, 7) is 2.41. The molecule has 0 aromatic carbocycles. The fourth-order valence-electron chi connectivity index (χ4n) is 2.55. The van der Waals surface area contributed by atoms with Crippen molar-refractivity contribution in [2.45, 2.75) is 38.5 Å². The maximum atomic E-state index is 5.31. The molecule has 0 radical (unpaired) electrons. The Morgan fingerprint density at radius 2 is 1.82 bits per heavy atom. The first-order valence-electron chi connectivity index (χ1n) is 6.79. The number of rotatable bonds is 4. The maximum absolute atomic E-state index is 5.31. The summed E-state index contributed by atoms with van der Waals surface area (Å²) in [5, 5.41) is 4.11. The van der Waals surface area contributed by atoms with Crippen LogP contribution >= 0.6 is 0 Å². The standard InChI is InChI=1S/C13H21N3O/c1-16-6-4-11(5-7-16)8-12-14-13(17-15-12)9-10-2-3-10/h10-11H,2-9H2,1H3. The number of nitrogens with zero attached hydrogens (tertiary/aromatic N) is 3. The summed E-state index contributed by atoms with van der Waals surface area (Å²) >= 11 is 0. The highest BCUT2D eigenvalue weighted by atomic mass is 16.5. The molecule has 3 rings (SSSR count). The van der Waals surface area contributed by atoms with Crippen LogP contribution in [0.25, 0.3) is 0 Å². The molecule has 1 aromatic heterocycles. The molecule has 1 aromatic rings. The van der Waals surface area contributed by atoms with Gasteiger partial charge in [0.25, 0.3) is 0 Å². The SMILES string of the molecule is CN1CCC(Cc2noc(CC3CC3)n2)CC1. The first-order chi connectivity index (χ1) is 8.29. The van der Waals surface area contributed by atoms with E-state index in [1.807, 2.05) is 0 Å². The minimum Gasteiger partial charge on any atom is -0.339 e. The van der Waals surface area contributed by atoms with Crippen LogP contribution in [-0.4, -0.2) is 35.2 Å². The molecular weight excluding hydrogens is 214 g/mol. The van der Waals surface area contributed by atoms with E-state index in [1.165, 1.54) is 38.8 Å². The fraction of sp³-hybridized carbons (Fsp3) is 0.846. The highest BCUT2D eigenvalue weighted by Crippen LogP contribution is 2.32. The number of hydrogen-bond acceptors (Lipinski definition) is 4. The zero-order chi connectivity index (χ0) is 11.7. The molecule has 2 heterocycles. The molecule has 2 aliphatic rings. The smallest absolute Gasteiger partial charge is 0.226 e. The van der Waals surface area contributed by atoms with Gasteiger partial charge < -0.3 is 9.42 Å². The molecule has 0 N–H and O–H groups in total. The van der Waals surface area contributed by atoms with Crippen LogP contribution in [0.15, 0.2) is 4.52 Å². The van der Waals surface area contributed by atoms with Gasteiger partial charge in [-0.2, -0.15) is 4.98 Å². The van der Waals surface area contributed by atoms with Crippen molar-refractivity contribution in [2.75, 3.05) is 20.1 Å². The summed E-state index contributed by atoms with van der Waals surface area (Å²) in [7, 11) is 2.19. The van der Waals surface area contributed by atoms with Crippen molar-refractivity contribution >= 4 is 0 Å². The molecule has 4 nitrogen and oxygen atoms in total.